The van der Waals surface area contributed by atoms with Gasteiger partial charge in [-0.3, -0.25) is 4.79 Å². The van der Waals surface area contributed by atoms with Gasteiger partial charge >= 0.3 is 5.97 Å². The minimum Gasteiger partial charge on any atom is -0.493 e. The van der Waals surface area contributed by atoms with Crippen LogP contribution >= 0.6 is 0 Å². The van der Waals surface area contributed by atoms with E-state index in [0.29, 0.717) is 17.9 Å². The molecular formula is C20H20N2O4. The van der Waals surface area contributed by atoms with Gasteiger partial charge in [-0.15, -0.1) is 0 Å². The van der Waals surface area contributed by atoms with Crippen LogP contribution in [0, 0.1) is 0 Å². The molecule has 6 nitrogen and oxygen atoms in total. The van der Waals surface area contributed by atoms with Crippen molar-refractivity contribution < 1.29 is 19.4 Å². The zero-order valence-corrected chi connectivity index (χ0v) is 14.4. The summed E-state index contributed by atoms with van der Waals surface area (Å²) < 4.78 is 5.45. The Labute approximate surface area is 150 Å². The van der Waals surface area contributed by atoms with Crippen LogP contribution in [0.3, 0.4) is 0 Å². The average Bonchev–Trinajstić information content (AvgIpc) is 3.05. The molecule has 3 aromatic rings. The number of hydrogen-bond donors (Lipinski definition) is 3. The smallest absolute Gasteiger partial charge is 0.326 e. The molecule has 0 aliphatic carbocycles. The van der Waals surface area contributed by atoms with Gasteiger partial charge in [0.2, 0.25) is 0 Å². The molecule has 0 bridgehead atoms. The fourth-order valence-electron chi connectivity index (χ4n) is 2.89. The Kier molecular flexibility index (Phi) is 5.22. The summed E-state index contributed by atoms with van der Waals surface area (Å²) in [5.74, 6) is -1.12. The fourth-order valence-corrected chi connectivity index (χ4v) is 2.89. The molecule has 3 N–H and O–H groups in total. The maximum Gasteiger partial charge on any atom is 0.326 e. The highest BCUT2D eigenvalue weighted by Crippen LogP contribution is 2.21. The van der Waals surface area contributed by atoms with Crippen molar-refractivity contribution in [2.24, 2.45) is 0 Å². The van der Waals surface area contributed by atoms with E-state index in [9.17, 15) is 14.7 Å². The Bertz CT molecular complexity index is 932. The molecule has 26 heavy (non-hydrogen) atoms. The summed E-state index contributed by atoms with van der Waals surface area (Å²) >= 11 is 0. The quantitative estimate of drug-likeness (QED) is 0.610. The van der Waals surface area contributed by atoms with E-state index in [4.69, 9.17) is 4.74 Å². The first kappa shape index (κ1) is 17.5. The number of hydrogen-bond acceptors (Lipinski definition) is 3. The van der Waals surface area contributed by atoms with Gasteiger partial charge < -0.3 is 20.1 Å². The summed E-state index contributed by atoms with van der Waals surface area (Å²) in [5.41, 5.74) is 2.09. The molecule has 1 aromatic heterocycles. The highest BCUT2D eigenvalue weighted by Gasteiger charge is 2.23. The lowest BCUT2D eigenvalue weighted by atomic mass is 10.0. The van der Waals surface area contributed by atoms with Crippen LogP contribution in [-0.4, -0.2) is 34.6 Å². The number of amides is 1. The summed E-state index contributed by atoms with van der Waals surface area (Å²) in [7, 11) is 0. The van der Waals surface area contributed by atoms with Gasteiger partial charge in [0.25, 0.3) is 5.91 Å². The molecule has 6 heteroatoms. The first-order valence-electron chi connectivity index (χ1n) is 8.40. The maximum atomic E-state index is 12.6. The van der Waals surface area contributed by atoms with Crippen molar-refractivity contribution >= 4 is 22.8 Å². The van der Waals surface area contributed by atoms with E-state index < -0.39 is 17.9 Å². The van der Waals surface area contributed by atoms with Crippen molar-refractivity contribution in [1.82, 2.24) is 10.3 Å². The van der Waals surface area contributed by atoms with Gasteiger partial charge in [-0.25, -0.2) is 4.79 Å². The van der Waals surface area contributed by atoms with E-state index in [1.165, 1.54) is 0 Å². The van der Waals surface area contributed by atoms with Crippen LogP contribution in [0.1, 0.15) is 22.8 Å². The number of carboxylic acids is 1. The number of H-pyrrole nitrogens is 1. The zero-order valence-electron chi connectivity index (χ0n) is 14.4. The second-order valence-electron chi connectivity index (χ2n) is 5.86. The molecule has 0 aliphatic heterocycles. The molecular weight excluding hydrogens is 332 g/mol. The lowest BCUT2D eigenvalue weighted by Crippen LogP contribution is -2.42. The van der Waals surface area contributed by atoms with Gasteiger partial charge in [0.1, 0.15) is 11.8 Å². The maximum absolute atomic E-state index is 12.6. The second-order valence-corrected chi connectivity index (χ2v) is 5.86. The zero-order chi connectivity index (χ0) is 18.5. The molecule has 3 rings (SSSR count). The number of benzene rings is 2. The van der Waals surface area contributed by atoms with Crippen molar-refractivity contribution in [2.75, 3.05) is 6.61 Å². The van der Waals surface area contributed by atoms with Crippen LogP contribution in [0.25, 0.3) is 10.9 Å². The number of carbonyl (C=O) groups is 2. The lowest BCUT2D eigenvalue weighted by molar-refractivity contribution is -0.139. The number of aliphatic carboxylic acids is 1. The van der Waals surface area contributed by atoms with E-state index in [0.717, 1.165) is 16.5 Å². The first-order chi connectivity index (χ1) is 12.6. The largest absolute Gasteiger partial charge is 0.493 e. The van der Waals surface area contributed by atoms with Crippen molar-refractivity contribution in [3.63, 3.8) is 0 Å². The summed E-state index contributed by atoms with van der Waals surface area (Å²) in [5, 5.41) is 13.1. The van der Waals surface area contributed by atoms with Gasteiger partial charge in [-0.2, -0.15) is 0 Å². The number of aromatic amines is 1. The van der Waals surface area contributed by atoms with Gasteiger partial charge in [0, 0.05) is 23.5 Å². The van der Waals surface area contributed by atoms with E-state index in [-0.39, 0.29) is 6.42 Å². The molecule has 0 fully saturated rings. The Hall–Kier alpha value is -3.28. The van der Waals surface area contributed by atoms with Crippen molar-refractivity contribution in [3.05, 3.63) is 65.9 Å². The average molecular weight is 352 g/mol. The van der Waals surface area contributed by atoms with Crippen molar-refractivity contribution in [2.45, 2.75) is 19.4 Å². The third-order valence-corrected chi connectivity index (χ3v) is 4.13. The molecule has 0 radical (unpaired) electrons. The van der Waals surface area contributed by atoms with Crippen LogP contribution in [0.2, 0.25) is 0 Å². The fraction of sp³-hybridized carbons (Fsp3) is 0.200. The highest BCUT2D eigenvalue weighted by molar-refractivity contribution is 5.99. The van der Waals surface area contributed by atoms with Crippen LogP contribution in [0.5, 0.6) is 5.75 Å². The predicted molar refractivity (Wildman–Crippen MR) is 98.5 cm³/mol. The molecule has 134 valence electrons. The van der Waals surface area contributed by atoms with E-state index in [2.05, 4.69) is 10.3 Å². The highest BCUT2D eigenvalue weighted by atomic mass is 16.5. The van der Waals surface area contributed by atoms with Gasteiger partial charge in [-0.05, 0) is 30.7 Å². The molecule has 1 amide bonds. The third kappa shape index (κ3) is 3.69. The van der Waals surface area contributed by atoms with Crippen LogP contribution in [0.4, 0.5) is 0 Å². The number of carbonyl (C=O) groups excluding carboxylic acids is 1. The number of aromatic nitrogens is 1. The minimum atomic E-state index is -1.09. The first-order valence-corrected chi connectivity index (χ1v) is 8.40. The normalized spacial score (nSPS) is 11.9. The number of nitrogens with one attached hydrogen (secondary N) is 2. The molecule has 0 aliphatic rings. The number of para-hydroxylation sites is 2. The Morgan fingerprint density at radius 2 is 1.88 bits per heavy atom. The monoisotopic (exact) mass is 352 g/mol. The van der Waals surface area contributed by atoms with Gasteiger partial charge in [-0.1, -0.05) is 30.3 Å². The SMILES string of the molecule is CCOc1ccccc1C(=O)N[C@@H](Cc1c[nH]c2ccccc12)C(=O)O. The molecule has 0 spiro atoms. The number of ether oxygens (including phenoxy) is 1. The Morgan fingerprint density at radius 3 is 2.65 bits per heavy atom. The summed E-state index contributed by atoms with van der Waals surface area (Å²) in [6.07, 6.45) is 1.96. The second kappa shape index (κ2) is 7.74. The summed E-state index contributed by atoms with van der Waals surface area (Å²) in [6.45, 7) is 2.24. The standard InChI is InChI=1S/C20H20N2O4/c1-2-26-18-10-6-4-8-15(18)19(23)22-17(20(24)25)11-13-12-21-16-9-5-3-7-14(13)16/h3-10,12,17,21H,2,11H2,1H3,(H,22,23)(H,24,25)/t17-/m0/s1. The molecule has 1 atom stereocenters. The number of fused-ring (bicyclic) bond motifs is 1. The predicted octanol–water partition coefficient (Wildman–Crippen LogP) is 2.99. The lowest BCUT2D eigenvalue weighted by Gasteiger charge is -2.16. The van der Waals surface area contributed by atoms with Gasteiger partial charge in [0.15, 0.2) is 0 Å². The molecule has 2 aromatic carbocycles. The molecule has 1 heterocycles. The third-order valence-electron chi connectivity index (χ3n) is 4.13. The number of carboxylic acid groups (broad SMARTS) is 1. The van der Waals surface area contributed by atoms with E-state index >= 15 is 0 Å². The van der Waals surface area contributed by atoms with Crippen LogP contribution < -0.4 is 10.1 Å². The van der Waals surface area contributed by atoms with Gasteiger partial charge in [0.05, 0.1) is 12.2 Å². The van der Waals surface area contributed by atoms with Crippen LogP contribution in [0.15, 0.2) is 54.7 Å². The summed E-state index contributed by atoms with van der Waals surface area (Å²) in [6, 6.07) is 13.4. The molecule has 0 saturated heterocycles. The Morgan fingerprint density at radius 1 is 1.15 bits per heavy atom. The number of rotatable bonds is 7. The van der Waals surface area contributed by atoms with Crippen LogP contribution in [-0.2, 0) is 11.2 Å². The van der Waals surface area contributed by atoms with Crippen molar-refractivity contribution in [1.29, 1.82) is 0 Å². The summed E-state index contributed by atoms with van der Waals surface area (Å²) in [4.78, 5) is 27.4. The molecule has 0 saturated carbocycles. The topological polar surface area (TPSA) is 91.4 Å². The van der Waals surface area contributed by atoms with E-state index in [1.807, 2.05) is 31.2 Å². The van der Waals surface area contributed by atoms with Crippen molar-refractivity contribution in [3.8, 4) is 5.75 Å². The minimum absolute atomic E-state index is 0.182. The van der Waals surface area contributed by atoms with E-state index in [1.54, 1.807) is 30.5 Å². The Balaban J connectivity index is 1.81. The molecule has 0 unspecified atom stereocenters.